The summed E-state index contributed by atoms with van der Waals surface area (Å²) in [5.74, 6) is -0.324. The summed E-state index contributed by atoms with van der Waals surface area (Å²) in [6, 6.07) is 9.02. The normalized spacial score (nSPS) is 14.0. The van der Waals surface area contributed by atoms with Crippen molar-refractivity contribution in [3.63, 3.8) is 0 Å². The molecular formula is C16H26N2O3. The van der Waals surface area contributed by atoms with E-state index in [0.717, 1.165) is 25.1 Å². The van der Waals surface area contributed by atoms with Crippen molar-refractivity contribution in [2.24, 2.45) is 0 Å². The van der Waals surface area contributed by atoms with E-state index in [9.17, 15) is 9.90 Å². The molecule has 0 fully saturated rings. The van der Waals surface area contributed by atoms with Gasteiger partial charge in [0.25, 0.3) is 0 Å². The molecule has 2 atom stereocenters. The Labute approximate surface area is 126 Å². The van der Waals surface area contributed by atoms with E-state index in [1.807, 2.05) is 44.4 Å². The summed E-state index contributed by atoms with van der Waals surface area (Å²) in [6.07, 6.45) is 0.366. The van der Waals surface area contributed by atoms with Crippen molar-refractivity contribution in [3.8, 4) is 0 Å². The molecule has 21 heavy (non-hydrogen) atoms. The summed E-state index contributed by atoms with van der Waals surface area (Å²) in [5, 5.41) is 13.7. The maximum Gasteiger partial charge on any atom is 0.307 e. The number of carbonyl (C=O) groups excluding carboxylic acids is 1. The number of hydrogen-bond acceptors (Lipinski definition) is 5. The Morgan fingerprint density at radius 2 is 2.00 bits per heavy atom. The minimum absolute atomic E-state index is 0.147. The van der Waals surface area contributed by atoms with Gasteiger partial charge in [-0.25, -0.2) is 0 Å². The Hall–Kier alpha value is -1.43. The Kier molecular flexibility index (Phi) is 7.97. The third-order valence-corrected chi connectivity index (χ3v) is 3.33. The van der Waals surface area contributed by atoms with Crippen molar-refractivity contribution in [3.05, 3.63) is 35.9 Å². The minimum Gasteiger partial charge on any atom is -0.469 e. The summed E-state index contributed by atoms with van der Waals surface area (Å²) >= 11 is 0. The number of hydrogen-bond donors (Lipinski definition) is 2. The molecule has 5 heteroatoms. The summed E-state index contributed by atoms with van der Waals surface area (Å²) in [4.78, 5) is 13.6. The predicted molar refractivity (Wildman–Crippen MR) is 83.0 cm³/mol. The van der Waals surface area contributed by atoms with Crippen LogP contribution in [0.4, 0.5) is 0 Å². The average Bonchev–Trinajstić information content (AvgIpc) is 2.50. The highest BCUT2D eigenvalue weighted by Crippen LogP contribution is 2.19. The van der Waals surface area contributed by atoms with Gasteiger partial charge in [-0.2, -0.15) is 0 Å². The van der Waals surface area contributed by atoms with Crippen LogP contribution in [0.5, 0.6) is 0 Å². The molecule has 0 aliphatic rings. The predicted octanol–water partition coefficient (Wildman–Crippen LogP) is 1.19. The minimum atomic E-state index is -0.732. The second-order valence-electron chi connectivity index (χ2n) is 5.35. The van der Waals surface area contributed by atoms with Crippen LogP contribution >= 0.6 is 0 Å². The fourth-order valence-electron chi connectivity index (χ4n) is 2.12. The van der Waals surface area contributed by atoms with Crippen molar-refractivity contribution in [2.45, 2.75) is 25.0 Å². The quantitative estimate of drug-likeness (QED) is 0.529. The zero-order valence-electron chi connectivity index (χ0n) is 13.1. The first-order valence-electron chi connectivity index (χ1n) is 7.22. The summed E-state index contributed by atoms with van der Waals surface area (Å²) in [5.41, 5.74) is 0.798. The van der Waals surface area contributed by atoms with Crippen molar-refractivity contribution in [1.29, 1.82) is 0 Å². The van der Waals surface area contributed by atoms with Gasteiger partial charge in [0.2, 0.25) is 0 Å². The molecule has 0 bridgehead atoms. The maximum atomic E-state index is 11.5. The van der Waals surface area contributed by atoms with Crippen LogP contribution in [-0.4, -0.2) is 56.3 Å². The van der Waals surface area contributed by atoms with Crippen LogP contribution in [0.3, 0.4) is 0 Å². The first kappa shape index (κ1) is 17.6. The molecule has 0 aromatic heterocycles. The number of nitrogens with one attached hydrogen (secondary N) is 1. The van der Waals surface area contributed by atoms with Crippen molar-refractivity contribution in [1.82, 2.24) is 10.2 Å². The van der Waals surface area contributed by atoms with Gasteiger partial charge in [0.05, 0.1) is 19.6 Å². The molecule has 0 amide bonds. The van der Waals surface area contributed by atoms with Crippen LogP contribution < -0.4 is 5.32 Å². The second kappa shape index (κ2) is 9.50. The lowest BCUT2D eigenvalue weighted by Gasteiger charge is -2.24. The Bertz CT molecular complexity index is 409. The highest BCUT2D eigenvalue weighted by Gasteiger charge is 2.23. The Balaban J connectivity index is 2.61. The number of aliphatic hydroxyl groups excluding tert-OH is 1. The number of aliphatic hydroxyl groups is 1. The summed E-state index contributed by atoms with van der Waals surface area (Å²) in [7, 11) is 5.40. The lowest BCUT2D eigenvalue weighted by Crippen LogP contribution is -2.38. The number of rotatable bonds is 9. The van der Waals surface area contributed by atoms with E-state index in [0.29, 0.717) is 0 Å². The van der Waals surface area contributed by atoms with Gasteiger partial charge in [0.15, 0.2) is 0 Å². The first-order chi connectivity index (χ1) is 10.0. The molecule has 0 saturated carbocycles. The molecule has 0 aliphatic carbocycles. The van der Waals surface area contributed by atoms with Gasteiger partial charge in [-0.15, -0.1) is 0 Å². The number of esters is 1. The van der Waals surface area contributed by atoms with Crippen LogP contribution in [-0.2, 0) is 9.53 Å². The zero-order valence-corrected chi connectivity index (χ0v) is 13.1. The fraction of sp³-hybridized carbons (Fsp3) is 0.562. The second-order valence-corrected chi connectivity index (χ2v) is 5.35. The Morgan fingerprint density at radius 1 is 1.33 bits per heavy atom. The van der Waals surface area contributed by atoms with Crippen LogP contribution in [0, 0.1) is 0 Å². The molecule has 1 rings (SSSR count). The van der Waals surface area contributed by atoms with Crippen molar-refractivity contribution >= 4 is 5.97 Å². The largest absolute Gasteiger partial charge is 0.469 e. The van der Waals surface area contributed by atoms with Gasteiger partial charge in [-0.3, -0.25) is 4.79 Å². The molecule has 0 aliphatic heterocycles. The van der Waals surface area contributed by atoms with Crippen LogP contribution in [0.25, 0.3) is 0 Å². The fourth-order valence-corrected chi connectivity index (χ4v) is 2.12. The molecule has 0 spiro atoms. The third kappa shape index (κ3) is 6.71. The zero-order chi connectivity index (χ0) is 15.7. The van der Waals surface area contributed by atoms with E-state index in [2.05, 4.69) is 10.2 Å². The van der Waals surface area contributed by atoms with E-state index in [1.54, 1.807) is 0 Å². The van der Waals surface area contributed by atoms with Gasteiger partial charge in [-0.1, -0.05) is 30.3 Å². The number of carbonyl (C=O) groups is 1. The van der Waals surface area contributed by atoms with Crippen molar-refractivity contribution < 1.29 is 14.6 Å². The van der Waals surface area contributed by atoms with E-state index in [-0.39, 0.29) is 18.4 Å². The van der Waals surface area contributed by atoms with E-state index in [1.165, 1.54) is 7.11 Å². The van der Waals surface area contributed by atoms with Gasteiger partial charge in [-0.05, 0) is 39.2 Å². The molecule has 5 nitrogen and oxygen atoms in total. The van der Waals surface area contributed by atoms with Gasteiger partial charge < -0.3 is 20.1 Å². The number of nitrogens with zero attached hydrogens (tertiary/aromatic N) is 1. The molecule has 2 unspecified atom stereocenters. The highest BCUT2D eigenvalue weighted by atomic mass is 16.5. The molecule has 0 heterocycles. The maximum absolute atomic E-state index is 11.5. The first-order valence-corrected chi connectivity index (χ1v) is 7.22. The standard InChI is InChI=1S/C16H26N2O3/c1-18(2)11-7-10-17-14(12-15(19)21-3)16(20)13-8-5-4-6-9-13/h4-6,8-9,14,16-17,20H,7,10-12H2,1-3H3. The number of ether oxygens (including phenoxy) is 1. The van der Waals surface area contributed by atoms with Gasteiger partial charge in [0, 0.05) is 6.04 Å². The van der Waals surface area contributed by atoms with E-state index in [4.69, 9.17) is 4.74 Å². The topological polar surface area (TPSA) is 61.8 Å². The van der Waals surface area contributed by atoms with Gasteiger partial charge >= 0.3 is 5.97 Å². The van der Waals surface area contributed by atoms with E-state index >= 15 is 0 Å². The molecule has 118 valence electrons. The smallest absolute Gasteiger partial charge is 0.307 e. The molecule has 0 radical (unpaired) electrons. The Morgan fingerprint density at radius 3 is 2.57 bits per heavy atom. The van der Waals surface area contributed by atoms with Crippen LogP contribution in [0.15, 0.2) is 30.3 Å². The average molecular weight is 294 g/mol. The van der Waals surface area contributed by atoms with E-state index < -0.39 is 6.10 Å². The van der Waals surface area contributed by atoms with Crippen LogP contribution in [0.1, 0.15) is 24.5 Å². The van der Waals surface area contributed by atoms with Crippen molar-refractivity contribution in [2.75, 3.05) is 34.3 Å². The molecular weight excluding hydrogens is 268 g/mol. The number of benzene rings is 1. The lowest BCUT2D eigenvalue weighted by atomic mass is 9.99. The van der Waals surface area contributed by atoms with Gasteiger partial charge in [0.1, 0.15) is 0 Å². The monoisotopic (exact) mass is 294 g/mol. The molecule has 2 N–H and O–H groups in total. The highest BCUT2D eigenvalue weighted by molar-refractivity contribution is 5.70. The summed E-state index contributed by atoms with van der Waals surface area (Å²) in [6.45, 7) is 1.70. The number of methoxy groups -OCH3 is 1. The third-order valence-electron chi connectivity index (χ3n) is 3.33. The summed E-state index contributed by atoms with van der Waals surface area (Å²) < 4.78 is 4.71. The SMILES string of the molecule is COC(=O)CC(NCCCN(C)C)C(O)c1ccccc1. The molecule has 0 saturated heterocycles. The molecule has 1 aromatic carbocycles. The lowest BCUT2D eigenvalue weighted by molar-refractivity contribution is -0.142. The molecule has 1 aromatic rings. The van der Waals surface area contributed by atoms with Crippen LogP contribution in [0.2, 0.25) is 0 Å².